The van der Waals surface area contributed by atoms with Crippen LogP contribution < -0.4 is 5.73 Å². The Bertz CT molecular complexity index is 866. The maximum Gasteiger partial charge on any atom is 0.340 e. The highest BCUT2D eigenvalue weighted by Crippen LogP contribution is 2.49. The number of rotatable bonds is 3. The molecule has 1 aliphatic carbocycles. The van der Waals surface area contributed by atoms with Crippen LogP contribution in [-0.4, -0.2) is 18.4 Å². The quantitative estimate of drug-likeness (QED) is 0.816. The molecule has 27 heavy (non-hydrogen) atoms. The smallest absolute Gasteiger partial charge is 0.340 e. The monoisotopic (exact) mass is 377 g/mol. The van der Waals surface area contributed by atoms with Crippen LogP contribution in [-0.2, 0) is 19.1 Å². The highest BCUT2D eigenvalue weighted by Gasteiger charge is 2.46. The second-order valence-electron chi connectivity index (χ2n) is 7.45. The zero-order chi connectivity index (χ0) is 19.9. The number of allylic oxidation sites excluding steroid dienone is 2. The molecule has 1 aromatic carbocycles. The van der Waals surface area contributed by atoms with Crippen LogP contribution in [0.25, 0.3) is 0 Å². The number of benzene rings is 1. The van der Waals surface area contributed by atoms with Crippen molar-refractivity contribution in [1.82, 2.24) is 0 Å². The van der Waals surface area contributed by atoms with Gasteiger partial charge < -0.3 is 15.2 Å². The van der Waals surface area contributed by atoms with Crippen molar-refractivity contribution in [3.05, 3.63) is 58.2 Å². The molecule has 1 unspecified atom stereocenters. The van der Waals surface area contributed by atoms with Crippen molar-refractivity contribution in [2.75, 3.05) is 6.61 Å². The number of hydrogen-bond donors (Lipinski definition) is 1. The van der Waals surface area contributed by atoms with Crippen LogP contribution in [0, 0.1) is 17.0 Å². The van der Waals surface area contributed by atoms with Crippen molar-refractivity contribution in [2.45, 2.75) is 39.5 Å². The highest BCUT2D eigenvalue weighted by atomic mass is 19.1. The lowest BCUT2D eigenvalue weighted by molar-refractivity contribution is -0.139. The van der Waals surface area contributed by atoms with Gasteiger partial charge in [-0.05, 0) is 24.5 Å². The van der Waals surface area contributed by atoms with E-state index >= 15 is 0 Å². The molecule has 0 amide bonds. The molecule has 0 fully saturated rings. The minimum Gasteiger partial charge on any atom is -0.462 e. The van der Waals surface area contributed by atoms with Gasteiger partial charge in [0.1, 0.15) is 23.0 Å². The predicted octanol–water partition coefficient (Wildman–Crippen LogP) is 3.46. The Balaban J connectivity index is 2.26. The number of carbonyl (C=O) groups excluding carboxylic acids is 2. The van der Waals surface area contributed by atoms with Crippen LogP contribution >= 0.6 is 0 Å². The van der Waals surface area contributed by atoms with Crippen LogP contribution in [0.1, 0.15) is 45.1 Å². The largest absolute Gasteiger partial charge is 0.462 e. The normalized spacial score (nSPS) is 21.7. The Morgan fingerprint density at radius 2 is 1.93 bits per heavy atom. The van der Waals surface area contributed by atoms with E-state index in [9.17, 15) is 18.4 Å². The van der Waals surface area contributed by atoms with Gasteiger partial charge in [-0.25, -0.2) is 13.6 Å². The minimum atomic E-state index is -1.31. The van der Waals surface area contributed by atoms with Crippen molar-refractivity contribution < 1.29 is 27.8 Å². The second kappa shape index (κ2) is 6.79. The zero-order valence-corrected chi connectivity index (χ0v) is 15.4. The second-order valence-corrected chi connectivity index (χ2v) is 7.45. The van der Waals surface area contributed by atoms with E-state index in [1.807, 2.05) is 13.8 Å². The van der Waals surface area contributed by atoms with Gasteiger partial charge in [0, 0.05) is 24.0 Å². The average molecular weight is 377 g/mol. The summed E-state index contributed by atoms with van der Waals surface area (Å²) in [6.07, 6.45) is 0.523. The first kappa shape index (κ1) is 19.1. The Labute approximate surface area is 155 Å². The lowest BCUT2D eigenvalue weighted by Crippen LogP contribution is -2.36. The van der Waals surface area contributed by atoms with E-state index in [4.69, 9.17) is 15.2 Å². The summed E-state index contributed by atoms with van der Waals surface area (Å²) in [6.45, 7) is 5.40. The number of halogens is 2. The standard InChI is InChI=1S/C20H21F2NO4/c1-4-26-19(25)17-16(14-10(21)6-5-7-11(14)22)15-12(24)8-20(2,3)9-13(15)27-18(17)23/h5-7,16H,4,8-9,23H2,1-3H3. The maximum atomic E-state index is 14.6. The topological polar surface area (TPSA) is 78.6 Å². The minimum absolute atomic E-state index is 0.0367. The maximum absolute atomic E-state index is 14.6. The summed E-state index contributed by atoms with van der Waals surface area (Å²) in [7, 11) is 0. The van der Waals surface area contributed by atoms with Crippen LogP contribution in [0.5, 0.6) is 0 Å². The predicted molar refractivity (Wildman–Crippen MR) is 93.1 cm³/mol. The van der Waals surface area contributed by atoms with Gasteiger partial charge >= 0.3 is 5.97 Å². The molecule has 1 atom stereocenters. The number of hydrogen-bond acceptors (Lipinski definition) is 5. The number of esters is 1. The summed E-state index contributed by atoms with van der Waals surface area (Å²) in [5, 5.41) is 0. The van der Waals surface area contributed by atoms with Crippen LogP contribution in [0.4, 0.5) is 8.78 Å². The third-order valence-electron chi connectivity index (χ3n) is 4.74. The number of ketones is 1. The van der Waals surface area contributed by atoms with E-state index in [-0.39, 0.29) is 41.6 Å². The summed E-state index contributed by atoms with van der Waals surface area (Å²) in [6, 6.07) is 3.36. The first-order chi connectivity index (χ1) is 12.7. The molecule has 0 aromatic heterocycles. The fourth-order valence-corrected chi connectivity index (χ4v) is 3.67. The Hall–Kier alpha value is -2.70. The molecule has 0 spiro atoms. The molecule has 144 valence electrons. The van der Waals surface area contributed by atoms with Gasteiger partial charge in [-0.2, -0.15) is 0 Å². The first-order valence-corrected chi connectivity index (χ1v) is 8.71. The number of Topliss-reactive ketones (excluding diaryl/α,β-unsaturated/α-hetero) is 1. The van der Waals surface area contributed by atoms with Crippen LogP contribution in [0.2, 0.25) is 0 Å². The molecule has 0 bridgehead atoms. The molecule has 1 aliphatic heterocycles. The van der Waals surface area contributed by atoms with E-state index in [1.54, 1.807) is 6.92 Å². The van der Waals surface area contributed by atoms with E-state index in [1.165, 1.54) is 6.07 Å². The van der Waals surface area contributed by atoms with E-state index in [2.05, 4.69) is 0 Å². The van der Waals surface area contributed by atoms with Gasteiger partial charge in [-0.15, -0.1) is 0 Å². The molecule has 0 radical (unpaired) electrons. The molecule has 0 saturated heterocycles. The third kappa shape index (κ3) is 3.34. The van der Waals surface area contributed by atoms with Crippen LogP contribution in [0.3, 0.4) is 0 Å². The van der Waals surface area contributed by atoms with Crippen molar-refractivity contribution in [1.29, 1.82) is 0 Å². The van der Waals surface area contributed by atoms with E-state index in [0.29, 0.717) is 6.42 Å². The number of nitrogens with two attached hydrogens (primary N) is 1. The van der Waals surface area contributed by atoms with Gasteiger partial charge in [0.25, 0.3) is 0 Å². The van der Waals surface area contributed by atoms with Crippen molar-refractivity contribution >= 4 is 11.8 Å². The molecule has 2 N–H and O–H groups in total. The zero-order valence-electron chi connectivity index (χ0n) is 15.4. The summed E-state index contributed by atoms with van der Waals surface area (Å²) >= 11 is 0. The molecular formula is C20H21F2NO4. The van der Waals surface area contributed by atoms with Gasteiger partial charge in [0.2, 0.25) is 5.88 Å². The molecule has 5 nitrogen and oxygen atoms in total. The first-order valence-electron chi connectivity index (χ1n) is 8.71. The Morgan fingerprint density at radius 3 is 2.52 bits per heavy atom. The Kier molecular flexibility index (Phi) is 4.80. The molecule has 1 heterocycles. The highest BCUT2D eigenvalue weighted by molar-refractivity contribution is 6.03. The van der Waals surface area contributed by atoms with Crippen molar-refractivity contribution in [3.8, 4) is 0 Å². The molecular weight excluding hydrogens is 356 g/mol. The number of carbonyl (C=O) groups is 2. The molecule has 3 rings (SSSR count). The summed E-state index contributed by atoms with van der Waals surface area (Å²) in [5.41, 5.74) is 4.95. The van der Waals surface area contributed by atoms with E-state index < -0.39 is 34.5 Å². The molecule has 2 aliphatic rings. The van der Waals surface area contributed by atoms with Crippen molar-refractivity contribution in [2.24, 2.45) is 11.1 Å². The number of ether oxygens (including phenoxy) is 2. The fourth-order valence-electron chi connectivity index (χ4n) is 3.67. The van der Waals surface area contributed by atoms with Gasteiger partial charge in [-0.1, -0.05) is 19.9 Å². The van der Waals surface area contributed by atoms with Gasteiger partial charge in [0.15, 0.2) is 5.78 Å². The van der Waals surface area contributed by atoms with Gasteiger partial charge in [-0.3, -0.25) is 4.79 Å². The summed E-state index contributed by atoms with van der Waals surface area (Å²) in [5.74, 6) is -4.31. The lowest BCUT2D eigenvalue weighted by atomic mass is 9.70. The summed E-state index contributed by atoms with van der Waals surface area (Å²) < 4.78 is 39.8. The fraction of sp³-hybridized carbons (Fsp3) is 0.400. The van der Waals surface area contributed by atoms with Crippen LogP contribution in [0.15, 0.2) is 41.0 Å². The summed E-state index contributed by atoms with van der Waals surface area (Å²) in [4.78, 5) is 25.4. The molecule has 7 heteroatoms. The third-order valence-corrected chi connectivity index (χ3v) is 4.74. The molecule has 1 aromatic rings. The van der Waals surface area contributed by atoms with Gasteiger partial charge in [0.05, 0.1) is 12.5 Å². The molecule has 0 saturated carbocycles. The lowest BCUT2D eigenvalue weighted by Gasteiger charge is -2.38. The SMILES string of the molecule is CCOC(=O)C1=C(N)OC2=C(C(=O)CC(C)(C)C2)C1c1c(F)cccc1F. The average Bonchev–Trinajstić information content (AvgIpc) is 2.52. The van der Waals surface area contributed by atoms with Crippen molar-refractivity contribution in [3.63, 3.8) is 0 Å². The van der Waals surface area contributed by atoms with E-state index in [0.717, 1.165) is 12.1 Å². The Morgan fingerprint density at radius 1 is 1.30 bits per heavy atom.